The number of ether oxygens (including phenoxy) is 3. The van der Waals surface area contributed by atoms with Crippen LogP contribution in [-0.4, -0.2) is 31.4 Å². The van der Waals surface area contributed by atoms with Gasteiger partial charge in [0.05, 0.1) is 36.4 Å². The summed E-state index contributed by atoms with van der Waals surface area (Å²) in [5.41, 5.74) is 1.97. The molecule has 0 spiro atoms. The van der Waals surface area contributed by atoms with Crippen LogP contribution in [0.4, 0.5) is 0 Å². The van der Waals surface area contributed by atoms with Crippen LogP contribution in [0.25, 0.3) is 0 Å². The molecule has 0 fully saturated rings. The van der Waals surface area contributed by atoms with Crippen molar-refractivity contribution in [1.82, 2.24) is 10.6 Å². The molecule has 0 amide bonds. The molecule has 1 aromatic carbocycles. The lowest BCUT2D eigenvalue weighted by atomic mass is 9.95. The molecule has 0 aromatic heterocycles. The number of hydrogen-bond donors (Lipinski definition) is 2. The van der Waals surface area contributed by atoms with Crippen LogP contribution in [-0.2, 0) is 9.53 Å². The van der Waals surface area contributed by atoms with Gasteiger partial charge in [-0.3, -0.25) is 0 Å². The summed E-state index contributed by atoms with van der Waals surface area (Å²) in [5.74, 6) is 0.904. The lowest BCUT2D eigenvalue weighted by molar-refractivity contribution is -0.136. The van der Waals surface area contributed by atoms with Crippen LogP contribution in [0.3, 0.4) is 0 Å². The molecule has 2 aliphatic rings. The van der Waals surface area contributed by atoms with Crippen LogP contribution in [0.2, 0.25) is 0 Å². The summed E-state index contributed by atoms with van der Waals surface area (Å²) in [7, 11) is 1.36. The normalized spacial score (nSPS) is 20.0. The van der Waals surface area contributed by atoms with Gasteiger partial charge in [-0.2, -0.15) is 0 Å². The Hall–Kier alpha value is -1.80. The van der Waals surface area contributed by atoms with E-state index in [0.717, 1.165) is 16.5 Å². The molecular weight excluding hydrogens is 396 g/mol. The maximum Gasteiger partial charge on any atom is 0.337 e. The number of rotatable bonds is 2. The highest BCUT2D eigenvalue weighted by molar-refractivity contribution is 9.10. The Morgan fingerprint density at radius 2 is 2.12 bits per heavy atom. The summed E-state index contributed by atoms with van der Waals surface area (Å²) < 4.78 is 17.2. The van der Waals surface area contributed by atoms with E-state index in [4.69, 9.17) is 26.4 Å². The van der Waals surface area contributed by atoms with Crippen LogP contribution < -0.4 is 20.1 Å². The molecule has 1 atom stereocenters. The molecule has 0 unspecified atom stereocenters. The fourth-order valence-corrected chi connectivity index (χ4v) is 3.59. The first-order valence-corrected chi connectivity index (χ1v) is 8.67. The Bertz CT molecular complexity index is 735. The first kappa shape index (κ1) is 17.0. The number of carbonyl (C=O) groups is 1. The molecule has 128 valence electrons. The lowest BCUT2D eigenvalue weighted by Gasteiger charge is -2.30. The molecule has 0 bridgehead atoms. The monoisotopic (exact) mass is 412 g/mol. The van der Waals surface area contributed by atoms with Crippen LogP contribution in [0.1, 0.15) is 24.9 Å². The molecule has 1 aromatic rings. The number of benzene rings is 1. The Labute approximate surface area is 153 Å². The summed E-state index contributed by atoms with van der Waals surface area (Å²) in [4.78, 5) is 12.2. The van der Waals surface area contributed by atoms with E-state index in [1.807, 2.05) is 12.1 Å². The number of fused-ring (bicyclic) bond motifs is 1. The van der Waals surface area contributed by atoms with Gasteiger partial charge < -0.3 is 24.8 Å². The zero-order valence-electron chi connectivity index (χ0n) is 13.3. The van der Waals surface area contributed by atoms with Gasteiger partial charge in [0, 0.05) is 12.1 Å². The van der Waals surface area contributed by atoms with E-state index >= 15 is 0 Å². The third kappa shape index (κ3) is 3.21. The van der Waals surface area contributed by atoms with Crippen molar-refractivity contribution in [3.8, 4) is 11.5 Å². The third-order valence-corrected chi connectivity index (χ3v) is 4.64. The smallest absolute Gasteiger partial charge is 0.337 e. The third-order valence-electron chi connectivity index (χ3n) is 3.83. The number of carbonyl (C=O) groups excluding carboxylic acids is 1. The second kappa shape index (κ2) is 6.98. The number of hydrogen-bond acceptors (Lipinski definition) is 5. The van der Waals surface area contributed by atoms with E-state index in [1.165, 1.54) is 7.11 Å². The fraction of sp³-hybridized carbons (Fsp3) is 0.375. The van der Waals surface area contributed by atoms with E-state index < -0.39 is 12.0 Å². The van der Waals surface area contributed by atoms with E-state index in [1.54, 1.807) is 6.92 Å². The predicted molar refractivity (Wildman–Crippen MR) is 96.1 cm³/mol. The Morgan fingerprint density at radius 3 is 2.88 bits per heavy atom. The highest BCUT2D eigenvalue weighted by Crippen LogP contribution is 2.41. The van der Waals surface area contributed by atoms with Crippen molar-refractivity contribution >= 4 is 39.2 Å². The van der Waals surface area contributed by atoms with Gasteiger partial charge in [-0.15, -0.1) is 0 Å². The largest absolute Gasteiger partial charge is 0.490 e. The SMILES string of the molecule is COC(=O)C1=C(C)NC(=S)N[C@H]1c1cc(Br)c2c(c1)OCCCO2. The van der Waals surface area contributed by atoms with Gasteiger partial charge in [0.2, 0.25) is 0 Å². The maximum atomic E-state index is 12.2. The van der Waals surface area contributed by atoms with Crippen molar-refractivity contribution in [3.63, 3.8) is 0 Å². The van der Waals surface area contributed by atoms with Crippen molar-refractivity contribution in [2.75, 3.05) is 20.3 Å². The van der Waals surface area contributed by atoms with Gasteiger partial charge in [0.1, 0.15) is 0 Å². The van der Waals surface area contributed by atoms with E-state index in [-0.39, 0.29) is 0 Å². The second-order valence-electron chi connectivity index (χ2n) is 5.44. The van der Waals surface area contributed by atoms with Crippen LogP contribution in [0, 0.1) is 0 Å². The molecular formula is C16H17BrN2O4S. The second-order valence-corrected chi connectivity index (χ2v) is 6.70. The van der Waals surface area contributed by atoms with Crippen molar-refractivity contribution in [3.05, 3.63) is 33.4 Å². The van der Waals surface area contributed by atoms with E-state index in [0.29, 0.717) is 41.1 Å². The molecule has 0 saturated carbocycles. The first-order chi connectivity index (χ1) is 11.5. The minimum absolute atomic E-state index is 0.414. The molecule has 2 N–H and O–H groups in total. The number of nitrogens with one attached hydrogen (secondary N) is 2. The Balaban J connectivity index is 2.07. The van der Waals surface area contributed by atoms with E-state index in [9.17, 15) is 4.79 Å². The number of thiocarbonyl (C=S) groups is 1. The average Bonchev–Trinajstić information content (AvgIpc) is 2.79. The highest BCUT2D eigenvalue weighted by atomic mass is 79.9. The van der Waals surface area contributed by atoms with Gasteiger partial charge in [0.15, 0.2) is 16.6 Å². The molecule has 2 heterocycles. The van der Waals surface area contributed by atoms with Crippen molar-refractivity contribution in [2.45, 2.75) is 19.4 Å². The Kier molecular flexibility index (Phi) is 4.96. The fourth-order valence-electron chi connectivity index (χ4n) is 2.74. The van der Waals surface area contributed by atoms with Crippen molar-refractivity contribution < 1.29 is 19.0 Å². The average molecular weight is 413 g/mol. The van der Waals surface area contributed by atoms with Crippen LogP contribution in [0.15, 0.2) is 27.9 Å². The molecule has 0 radical (unpaired) electrons. The van der Waals surface area contributed by atoms with Gasteiger partial charge >= 0.3 is 5.97 Å². The van der Waals surface area contributed by atoms with Gasteiger partial charge in [-0.05, 0) is 52.8 Å². The van der Waals surface area contributed by atoms with Crippen molar-refractivity contribution in [2.24, 2.45) is 0 Å². The zero-order valence-corrected chi connectivity index (χ0v) is 15.7. The van der Waals surface area contributed by atoms with Gasteiger partial charge in [-0.1, -0.05) is 0 Å². The number of allylic oxidation sites excluding steroid dienone is 1. The van der Waals surface area contributed by atoms with Gasteiger partial charge in [0.25, 0.3) is 0 Å². The van der Waals surface area contributed by atoms with Crippen molar-refractivity contribution in [1.29, 1.82) is 0 Å². The Morgan fingerprint density at radius 1 is 1.38 bits per heavy atom. The van der Waals surface area contributed by atoms with Crippen LogP contribution in [0.5, 0.6) is 11.5 Å². The minimum atomic E-state index is -0.431. The maximum absolute atomic E-state index is 12.2. The summed E-state index contributed by atoms with van der Waals surface area (Å²) in [6, 6.07) is 3.34. The predicted octanol–water partition coefficient (Wildman–Crippen LogP) is 2.58. The summed E-state index contributed by atoms with van der Waals surface area (Å²) in [6.07, 6.45) is 0.818. The van der Waals surface area contributed by atoms with E-state index in [2.05, 4.69) is 26.6 Å². The number of esters is 1. The van der Waals surface area contributed by atoms with Gasteiger partial charge in [-0.25, -0.2) is 4.79 Å². The molecule has 2 aliphatic heterocycles. The summed E-state index contributed by atoms with van der Waals surface area (Å²) >= 11 is 8.76. The molecule has 3 rings (SSSR count). The summed E-state index contributed by atoms with van der Waals surface area (Å²) in [5, 5.41) is 6.54. The standard InChI is InChI=1S/C16H17BrN2O4S/c1-8-12(15(20)21-2)13(19-16(24)18-8)9-6-10(17)14-11(7-9)22-4-3-5-23-14/h6-7,13H,3-5H2,1-2H3,(H2,18,19,24)/t13-/m0/s1. The number of halogens is 1. The first-order valence-electron chi connectivity index (χ1n) is 7.47. The highest BCUT2D eigenvalue weighted by Gasteiger charge is 2.32. The molecule has 6 nitrogen and oxygen atoms in total. The minimum Gasteiger partial charge on any atom is -0.490 e. The molecule has 0 saturated heterocycles. The lowest BCUT2D eigenvalue weighted by Crippen LogP contribution is -2.45. The zero-order chi connectivity index (χ0) is 17.3. The molecule has 24 heavy (non-hydrogen) atoms. The quantitative estimate of drug-likeness (QED) is 0.571. The van der Waals surface area contributed by atoms with Crippen LogP contribution >= 0.6 is 28.1 Å². The number of methoxy groups -OCH3 is 1. The topological polar surface area (TPSA) is 68.8 Å². The summed E-state index contributed by atoms with van der Waals surface area (Å²) in [6.45, 7) is 2.98. The molecule has 0 aliphatic carbocycles. The molecule has 8 heteroatoms.